The van der Waals surface area contributed by atoms with Crippen LogP contribution in [-0.4, -0.2) is 55.2 Å². The maximum absolute atomic E-state index is 12.2. The van der Waals surface area contributed by atoms with Crippen LogP contribution < -0.4 is 4.74 Å². The summed E-state index contributed by atoms with van der Waals surface area (Å²) in [5.74, 6) is 1.48. The number of carbonyl (C=O) groups excluding carboxylic acids is 2. The topological polar surface area (TPSA) is 102 Å². The Hall–Kier alpha value is -4.20. The van der Waals surface area contributed by atoms with Gasteiger partial charge in [-0.15, -0.1) is 0 Å². The summed E-state index contributed by atoms with van der Waals surface area (Å²) in [6, 6.07) is 20.4. The largest absolute Gasteiger partial charge is 0.493 e. The minimum atomic E-state index is -0.639. The second-order valence-electron chi connectivity index (χ2n) is 16.3. The molecule has 3 aromatic carbocycles. The molecular formula is C50H68O7. The lowest BCUT2D eigenvalue weighted by Gasteiger charge is -2.29. The van der Waals surface area contributed by atoms with Crippen molar-refractivity contribution in [2.75, 3.05) is 33.0 Å². The maximum atomic E-state index is 12.2. The monoisotopic (exact) mass is 780 g/mol. The van der Waals surface area contributed by atoms with Gasteiger partial charge >= 0.3 is 11.9 Å². The molecule has 57 heavy (non-hydrogen) atoms. The van der Waals surface area contributed by atoms with Crippen molar-refractivity contribution in [3.8, 4) is 28.0 Å². The predicted molar refractivity (Wildman–Crippen MR) is 231 cm³/mol. The summed E-state index contributed by atoms with van der Waals surface area (Å²) in [5.41, 5.74) is 9.35. The fourth-order valence-corrected chi connectivity index (χ4v) is 8.03. The van der Waals surface area contributed by atoms with Gasteiger partial charge in [0.05, 0.1) is 33.0 Å². The van der Waals surface area contributed by atoms with Crippen LogP contribution in [0.15, 0.2) is 78.9 Å². The molecule has 0 amide bonds. The smallest absolute Gasteiger partial charge is 0.333 e. The van der Waals surface area contributed by atoms with Gasteiger partial charge in [-0.05, 0) is 153 Å². The van der Waals surface area contributed by atoms with Gasteiger partial charge in [-0.3, -0.25) is 0 Å². The minimum Gasteiger partial charge on any atom is -0.493 e. The molecule has 0 unspecified atom stereocenters. The number of ether oxygens (including phenoxy) is 3. The van der Waals surface area contributed by atoms with Crippen molar-refractivity contribution in [2.45, 2.75) is 124 Å². The SMILES string of the molecule is C=C(C)C(=O)OCCCc1cc(-c2ccc(-c3ccc(C4CCC(CCC)CC4)cc3)cc2CC)cc(CCCOC(=O)C(=C)C)c1OCCC(CC)(CO)CO. The van der Waals surface area contributed by atoms with Crippen LogP contribution in [0.25, 0.3) is 22.3 Å². The first-order valence-electron chi connectivity index (χ1n) is 21.4. The molecule has 0 heterocycles. The van der Waals surface area contributed by atoms with Crippen molar-refractivity contribution in [3.63, 3.8) is 0 Å². The number of hydrogen-bond acceptors (Lipinski definition) is 7. The Morgan fingerprint density at radius 1 is 0.719 bits per heavy atom. The van der Waals surface area contributed by atoms with E-state index in [1.807, 2.05) is 6.92 Å². The van der Waals surface area contributed by atoms with Crippen molar-refractivity contribution >= 4 is 11.9 Å². The zero-order valence-electron chi connectivity index (χ0n) is 35.4. The highest BCUT2D eigenvalue weighted by molar-refractivity contribution is 5.87. The molecular weight excluding hydrogens is 713 g/mol. The Kier molecular flexibility index (Phi) is 18.1. The van der Waals surface area contributed by atoms with Gasteiger partial charge in [-0.25, -0.2) is 9.59 Å². The van der Waals surface area contributed by atoms with Crippen LogP contribution in [0.1, 0.15) is 127 Å². The van der Waals surface area contributed by atoms with E-state index in [2.05, 4.69) is 81.6 Å². The Labute approximate surface area is 342 Å². The summed E-state index contributed by atoms with van der Waals surface area (Å²) < 4.78 is 17.5. The van der Waals surface area contributed by atoms with Crippen LogP contribution >= 0.6 is 0 Å². The molecule has 0 aliphatic heterocycles. The average Bonchev–Trinajstić information content (AvgIpc) is 3.23. The molecule has 0 atom stereocenters. The molecule has 7 nitrogen and oxygen atoms in total. The van der Waals surface area contributed by atoms with Crippen LogP contribution in [-0.2, 0) is 38.3 Å². The molecule has 0 bridgehead atoms. The standard InChI is InChI=1S/C50H68O7/c1-8-13-37-16-18-39(19-17-37)40-20-22-41(23-21-40)42-24-25-46(38(9-2)30-42)45-31-43(14-11-27-56-48(53)35(4)5)47(55-29-26-50(10-3,33-51)34-52)44(32-45)15-12-28-57-49(54)36(6)7/h20-25,30-32,37,39,51-52H,4,6,8-19,26-29,33-34H2,1-3,5,7H3. The summed E-state index contributed by atoms with van der Waals surface area (Å²) in [5, 5.41) is 20.2. The van der Waals surface area contributed by atoms with Gasteiger partial charge in [0, 0.05) is 16.6 Å². The van der Waals surface area contributed by atoms with Gasteiger partial charge in [0.25, 0.3) is 0 Å². The first-order chi connectivity index (χ1) is 27.5. The van der Waals surface area contributed by atoms with Crippen LogP contribution in [0, 0.1) is 11.3 Å². The Morgan fingerprint density at radius 2 is 1.26 bits per heavy atom. The third kappa shape index (κ3) is 12.9. The number of benzene rings is 3. The highest BCUT2D eigenvalue weighted by Gasteiger charge is 2.27. The van der Waals surface area contributed by atoms with E-state index >= 15 is 0 Å². The first kappa shape index (κ1) is 45.5. The second kappa shape index (κ2) is 22.7. The van der Waals surface area contributed by atoms with Crippen LogP contribution in [0.2, 0.25) is 0 Å². The van der Waals surface area contributed by atoms with Gasteiger partial charge in [-0.2, -0.15) is 0 Å². The van der Waals surface area contributed by atoms with Crippen molar-refractivity contribution < 1.29 is 34.0 Å². The molecule has 1 aliphatic carbocycles. The highest BCUT2D eigenvalue weighted by Crippen LogP contribution is 2.40. The van der Waals surface area contributed by atoms with E-state index in [0.717, 1.165) is 40.3 Å². The quantitative estimate of drug-likeness (QED) is 0.0561. The van der Waals surface area contributed by atoms with E-state index < -0.39 is 17.4 Å². The third-order valence-electron chi connectivity index (χ3n) is 11.9. The predicted octanol–water partition coefficient (Wildman–Crippen LogP) is 10.9. The summed E-state index contributed by atoms with van der Waals surface area (Å²) in [6.07, 6.45) is 12.2. The lowest BCUT2D eigenvalue weighted by molar-refractivity contribution is -0.139. The molecule has 3 aromatic rings. The molecule has 0 spiro atoms. The second-order valence-corrected chi connectivity index (χ2v) is 16.3. The average molecular weight is 781 g/mol. The molecule has 0 radical (unpaired) electrons. The molecule has 4 rings (SSSR count). The first-order valence-corrected chi connectivity index (χ1v) is 21.4. The van der Waals surface area contributed by atoms with E-state index in [0.29, 0.717) is 62.2 Å². The lowest BCUT2D eigenvalue weighted by atomic mass is 9.77. The summed E-state index contributed by atoms with van der Waals surface area (Å²) in [7, 11) is 0. The van der Waals surface area contributed by atoms with Crippen molar-refractivity contribution in [1.82, 2.24) is 0 Å². The third-order valence-corrected chi connectivity index (χ3v) is 11.9. The maximum Gasteiger partial charge on any atom is 0.333 e. The van der Waals surface area contributed by atoms with E-state index in [-0.39, 0.29) is 26.4 Å². The fraction of sp³-hybridized carbons (Fsp3) is 0.520. The molecule has 7 heteroatoms. The van der Waals surface area contributed by atoms with Gasteiger partial charge in [0.15, 0.2) is 0 Å². The zero-order chi connectivity index (χ0) is 41.4. The number of rotatable bonds is 23. The van der Waals surface area contributed by atoms with Crippen molar-refractivity contribution in [3.05, 3.63) is 101 Å². The molecule has 0 aromatic heterocycles. The molecule has 2 N–H and O–H groups in total. The van der Waals surface area contributed by atoms with Crippen LogP contribution in [0.4, 0.5) is 0 Å². The molecule has 0 saturated heterocycles. The van der Waals surface area contributed by atoms with E-state index in [1.54, 1.807) is 13.8 Å². The molecule has 1 aliphatic rings. The number of aliphatic hydroxyl groups is 2. The number of aryl methyl sites for hydroxylation is 3. The van der Waals surface area contributed by atoms with E-state index in [1.165, 1.54) is 60.8 Å². The number of hydrogen-bond donors (Lipinski definition) is 2. The summed E-state index contributed by atoms with van der Waals surface area (Å²) in [6.45, 7) is 17.6. The summed E-state index contributed by atoms with van der Waals surface area (Å²) >= 11 is 0. The van der Waals surface area contributed by atoms with Crippen LogP contribution in [0.5, 0.6) is 5.75 Å². The summed E-state index contributed by atoms with van der Waals surface area (Å²) in [4.78, 5) is 24.3. The Bertz CT molecular complexity index is 1710. The van der Waals surface area contributed by atoms with E-state index in [9.17, 15) is 19.8 Å². The Balaban J connectivity index is 1.67. The fourth-order valence-electron chi connectivity index (χ4n) is 8.03. The molecule has 1 fully saturated rings. The van der Waals surface area contributed by atoms with Crippen molar-refractivity contribution in [2.24, 2.45) is 11.3 Å². The van der Waals surface area contributed by atoms with E-state index in [4.69, 9.17) is 14.2 Å². The van der Waals surface area contributed by atoms with Gasteiger partial charge < -0.3 is 24.4 Å². The number of carbonyl (C=O) groups is 2. The minimum absolute atomic E-state index is 0.135. The van der Waals surface area contributed by atoms with Gasteiger partial charge in [0.2, 0.25) is 0 Å². The van der Waals surface area contributed by atoms with Crippen LogP contribution in [0.3, 0.4) is 0 Å². The van der Waals surface area contributed by atoms with Gasteiger partial charge in [0.1, 0.15) is 5.75 Å². The zero-order valence-corrected chi connectivity index (χ0v) is 35.4. The number of aliphatic hydroxyl groups excluding tert-OH is 2. The highest BCUT2D eigenvalue weighted by atomic mass is 16.5. The Morgan fingerprint density at radius 3 is 1.75 bits per heavy atom. The lowest BCUT2D eigenvalue weighted by Crippen LogP contribution is -2.31. The van der Waals surface area contributed by atoms with Crippen molar-refractivity contribution in [1.29, 1.82) is 0 Å². The molecule has 1 saturated carbocycles. The normalized spacial score (nSPS) is 15.6. The molecule has 310 valence electrons. The number of esters is 2. The van der Waals surface area contributed by atoms with Gasteiger partial charge in [-0.1, -0.05) is 89.2 Å².